The van der Waals surface area contributed by atoms with Gasteiger partial charge in [0, 0.05) is 6.42 Å². The van der Waals surface area contributed by atoms with Crippen molar-refractivity contribution in [1.82, 2.24) is 0 Å². The molecule has 0 aromatic rings. The summed E-state index contributed by atoms with van der Waals surface area (Å²) in [6.45, 7) is 7.46. The Morgan fingerprint density at radius 1 is 1.45 bits per heavy atom. The summed E-state index contributed by atoms with van der Waals surface area (Å²) in [6, 6.07) is 0. The van der Waals surface area contributed by atoms with Crippen LogP contribution in [0.5, 0.6) is 0 Å². The van der Waals surface area contributed by atoms with Crippen molar-refractivity contribution in [2.24, 2.45) is 0 Å². The van der Waals surface area contributed by atoms with Crippen LogP contribution in [0.1, 0.15) is 33.1 Å². The fourth-order valence-electron chi connectivity index (χ4n) is 0.815. The summed E-state index contributed by atoms with van der Waals surface area (Å²) in [5, 5.41) is 0. The van der Waals surface area contributed by atoms with Crippen LogP contribution < -0.4 is 0 Å². The minimum absolute atomic E-state index is 0.229. The topological polar surface area (TPSA) is 17.1 Å². The second-order valence-corrected chi connectivity index (χ2v) is 2.87. The fraction of sp³-hybridized carbons (Fsp3) is 0.500. The van der Waals surface area contributed by atoms with Crippen molar-refractivity contribution < 1.29 is 4.79 Å². The Balaban J connectivity index is 3.53. The van der Waals surface area contributed by atoms with E-state index in [1.54, 1.807) is 6.08 Å². The molecule has 0 saturated carbocycles. The van der Waals surface area contributed by atoms with E-state index in [1.807, 2.05) is 19.9 Å². The largest absolute Gasteiger partial charge is 0.295 e. The Morgan fingerprint density at radius 2 is 2.09 bits per heavy atom. The molecule has 0 bridgehead atoms. The Kier molecular flexibility index (Phi) is 5.44. The first-order chi connectivity index (χ1) is 5.16. The van der Waals surface area contributed by atoms with Crippen LogP contribution in [-0.2, 0) is 4.79 Å². The van der Waals surface area contributed by atoms with E-state index in [9.17, 15) is 4.79 Å². The predicted octanol–water partition coefficient (Wildman–Crippen LogP) is 2.88. The molecule has 0 aliphatic rings. The molecule has 0 amide bonds. The molecule has 0 radical (unpaired) electrons. The number of hydrogen-bond donors (Lipinski definition) is 0. The van der Waals surface area contributed by atoms with Crippen LogP contribution in [0.25, 0.3) is 0 Å². The Labute approximate surface area is 68.8 Å². The van der Waals surface area contributed by atoms with Crippen molar-refractivity contribution in [2.75, 3.05) is 0 Å². The standard InChI is InChI=1S/C10H16O/c1-4-5-6-7-10(11)8-9(2)3/h4,8H,1,5-7H2,2-3H3. The summed E-state index contributed by atoms with van der Waals surface area (Å²) in [6.07, 6.45) is 6.05. The van der Waals surface area contributed by atoms with E-state index >= 15 is 0 Å². The summed E-state index contributed by atoms with van der Waals surface area (Å²) in [4.78, 5) is 11.0. The average molecular weight is 152 g/mol. The van der Waals surface area contributed by atoms with E-state index in [-0.39, 0.29) is 5.78 Å². The van der Waals surface area contributed by atoms with Gasteiger partial charge in [0.2, 0.25) is 0 Å². The third-order valence-corrected chi connectivity index (χ3v) is 1.28. The zero-order valence-electron chi connectivity index (χ0n) is 7.39. The molecule has 0 rings (SSSR count). The molecule has 1 heteroatoms. The number of ketones is 1. The van der Waals surface area contributed by atoms with Crippen LogP contribution in [0.2, 0.25) is 0 Å². The SMILES string of the molecule is C=CCCCC(=O)C=C(C)C. The normalized spacial score (nSPS) is 8.91. The van der Waals surface area contributed by atoms with Gasteiger partial charge in [0.1, 0.15) is 0 Å². The highest BCUT2D eigenvalue weighted by molar-refractivity contribution is 5.90. The first-order valence-electron chi connectivity index (χ1n) is 3.95. The van der Waals surface area contributed by atoms with Crippen LogP contribution in [-0.4, -0.2) is 5.78 Å². The smallest absolute Gasteiger partial charge is 0.155 e. The van der Waals surface area contributed by atoms with Crippen molar-refractivity contribution in [2.45, 2.75) is 33.1 Å². The molecule has 0 saturated heterocycles. The molecule has 11 heavy (non-hydrogen) atoms. The molecule has 0 fully saturated rings. The maximum Gasteiger partial charge on any atom is 0.155 e. The average Bonchev–Trinajstić information content (AvgIpc) is 1.86. The van der Waals surface area contributed by atoms with Crippen LogP contribution in [0.3, 0.4) is 0 Å². The lowest BCUT2D eigenvalue weighted by Crippen LogP contribution is -1.92. The van der Waals surface area contributed by atoms with Gasteiger partial charge < -0.3 is 0 Å². The molecule has 0 N–H and O–H groups in total. The van der Waals surface area contributed by atoms with Crippen LogP contribution in [0.4, 0.5) is 0 Å². The van der Waals surface area contributed by atoms with E-state index in [0.717, 1.165) is 18.4 Å². The number of hydrogen-bond acceptors (Lipinski definition) is 1. The van der Waals surface area contributed by atoms with Crippen molar-refractivity contribution in [3.05, 3.63) is 24.3 Å². The van der Waals surface area contributed by atoms with Crippen molar-refractivity contribution in [3.63, 3.8) is 0 Å². The van der Waals surface area contributed by atoms with Gasteiger partial charge in [0.25, 0.3) is 0 Å². The minimum Gasteiger partial charge on any atom is -0.295 e. The molecule has 0 aliphatic carbocycles. The van der Waals surface area contributed by atoms with Gasteiger partial charge >= 0.3 is 0 Å². The number of rotatable bonds is 5. The van der Waals surface area contributed by atoms with Gasteiger partial charge in [-0.15, -0.1) is 6.58 Å². The third kappa shape index (κ3) is 7.04. The van der Waals surface area contributed by atoms with E-state index < -0.39 is 0 Å². The number of allylic oxidation sites excluding steroid dienone is 3. The molecule has 0 heterocycles. The molecule has 0 atom stereocenters. The van der Waals surface area contributed by atoms with Gasteiger partial charge in [0.05, 0.1) is 0 Å². The first kappa shape index (κ1) is 10.2. The molecule has 0 aromatic heterocycles. The highest BCUT2D eigenvalue weighted by atomic mass is 16.1. The lowest BCUT2D eigenvalue weighted by Gasteiger charge is -1.92. The van der Waals surface area contributed by atoms with Crippen molar-refractivity contribution >= 4 is 5.78 Å². The Bertz CT molecular complexity index is 162. The van der Waals surface area contributed by atoms with Crippen LogP contribution in [0, 0.1) is 0 Å². The quantitative estimate of drug-likeness (QED) is 0.336. The Hall–Kier alpha value is -0.850. The van der Waals surface area contributed by atoms with Gasteiger partial charge in [-0.2, -0.15) is 0 Å². The van der Waals surface area contributed by atoms with Gasteiger partial charge in [0.15, 0.2) is 5.78 Å². The first-order valence-corrected chi connectivity index (χ1v) is 3.95. The minimum atomic E-state index is 0.229. The summed E-state index contributed by atoms with van der Waals surface area (Å²) in [7, 11) is 0. The van der Waals surface area contributed by atoms with Crippen LogP contribution >= 0.6 is 0 Å². The lowest BCUT2D eigenvalue weighted by molar-refractivity contribution is -0.114. The second-order valence-electron chi connectivity index (χ2n) is 2.87. The number of carbonyl (C=O) groups is 1. The highest BCUT2D eigenvalue weighted by Crippen LogP contribution is 1.99. The van der Waals surface area contributed by atoms with Gasteiger partial charge in [-0.25, -0.2) is 0 Å². The predicted molar refractivity (Wildman–Crippen MR) is 48.5 cm³/mol. The zero-order valence-corrected chi connectivity index (χ0v) is 7.39. The lowest BCUT2D eigenvalue weighted by atomic mass is 10.1. The third-order valence-electron chi connectivity index (χ3n) is 1.28. The summed E-state index contributed by atoms with van der Waals surface area (Å²) < 4.78 is 0. The summed E-state index contributed by atoms with van der Waals surface area (Å²) >= 11 is 0. The summed E-state index contributed by atoms with van der Waals surface area (Å²) in [5.41, 5.74) is 1.08. The molecular formula is C10H16O. The molecule has 1 nitrogen and oxygen atoms in total. The fourth-order valence-corrected chi connectivity index (χ4v) is 0.815. The van der Waals surface area contributed by atoms with Crippen molar-refractivity contribution in [1.29, 1.82) is 0 Å². The molecular weight excluding hydrogens is 136 g/mol. The molecule has 0 aliphatic heterocycles. The number of carbonyl (C=O) groups excluding carboxylic acids is 1. The van der Waals surface area contributed by atoms with E-state index in [4.69, 9.17) is 0 Å². The molecule has 0 unspecified atom stereocenters. The highest BCUT2D eigenvalue weighted by Gasteiger charge is 1.94. The second kappa shape index (κ2) is 5.90. The van der Waals surface area contributed by atoms with E-state index in [1.165, 1.54) is 0 Å². The van der Waals surface area contributed by atoms with Crippen molar-refractivity contribution in [3.8, 4) is 0 Å². The molecule has 62 valence electrons. The summed E-state index contributed by atoms with van der Waals surface area (Å²) in [5.74, 6) is 0.229. The van der Waals surface area contributed by atoms with Gasteiger partial charge in [-0.3, -0.25) is 4.79 Å². The maximum atomic E-state index is 11.0. The van der Waals surface area contributed by atoms with Crippen LogP contribution in [0.15, 0.2) is 24.3 Å². The number of unbranched alkanes of at least 4 members (excludes halogenated alkanes) is 1. The van der Waals surface area contributed by atoms with Gasteiger partial charge in [-0.05, 0) is 32.8 Å². The monoisotopic (exact) mass is 152 g/mol. The van der Waals surface area contributed by atoms with Gasteiger partial charge in [-0.1, -0.05) is 11.6 Å². The maximum absolute atomic E-state index is 11.0. The zero-order chi connectivity index (χ0) is 8.69. The Morgan fingerprint density at radius 3 is 2.55 bits per heavy atom. The van der Waals surface area contributed by atoms with E-state index in [0.29, 0.717) is 6.42 Å². The van der Waals surface area contributed by atoms with E-state index in [2.05, 4.69) is 6.58 Å². The molecule has 0 aromatic carbocycles. The molecule has 0 spiro atoms.